The van der Waals surface area contributed by atoms with Crippen molar-refractivity contribution in [3.8, 4) is 0 Å². The number of aromatic amines is 1. The number of nitrogens with one attached hydrogen (secondary N) is 1. The number of ether oxygens (including phenoxy) is 1. The van der Waals surface area contributed by atoms with Gasteiger partial charge in [0.1, 0.15) is 5.69 Å². The lowest BCUT2D eigenvalue weighted by atomic mass is 10.1. The van der Waals surface area contributed by atoms with E-state index in [1.54, 1.807) is 12.3 Å². The van der Waals surface area contributed by atoms with Crippen molar-refractivity contribution in [1.29, 1.82) is 0 Å². The highest BCUT2D eigenvalue weighted by Crippen LogP contribution is 2.21. The third kappa shape index (κ3) is 4.05. The number of halogens is 1. The molecule has 9 heteroatoms. The molecular formula is C17H17BrN2O5S. The van der Waals surface area contributed by atoms with E-state index in [9.17, 15) is 18.0 Å². The summed E-state index contributed by atoms with van der Waals surface area (Å²) in [6.07, 6.45) is 3.30. The Hall–Kier alpha value is -1.97. The second kappa shape index (κ2) is 7.73. The Balaban J connectivity index is 1.62. The lowest BCUT2D eigenvalue weighted by molar-refractivity contribution is 0.0469. The molecule has 7 nitrogen and oxygen atoms in total. The maximum Gasteiger partial charge on any atom is 0.355 e. The number of hydrogen-bond acceptors (Lipinski definition) is 5. The second-order valence-corrected chi connectivity index (χ2v) is 8.72. The molecule has 1 fully saturated rings. The molecule has 2 heterocycles. The van der Waals surface area contributed by atoms with Crippen LogP contribution in [0.2, 0.25) is 0 Å². The van der Waals surface area contributed by atoms with E-state index in [1.807, 2.05) is 0 Å². The number of hydrogen-bond donors (Lipinski definition) is 1. The van der Waals surface area contributed by atoms with Crippen LogP contribution in [-0.2, 0) is 14.8 Å². The number of sulfonamides is 1. The molecule has 0 unspecified atom stereocenters. The van der Waals surface area contributed by atoms with Crippen molar-refractivity contribution in [3.63, 3.8) is 0 Å². The molecule has 3 rings (SSSR count). The van der Waals surface area contributed by atoms with Crippen LogP contribution in [0.15, 0.2) is 45.9 Å². The fraction of sp³-hybridized carbons (Fsp3) is 0.294. The van der Waals surface area contributed by atoms with E-state index < -0.39 is 28.4 Å². The number of esters is 1. The number of nitrogens with zero attached hydrogens (tertiary/aromatic N) is 1. The van der Waals surface area contributed by atoms with Gasteiger partial charge < -0.3 is 9.72 Å². The highest BCUT2D eigenvalue weighted by molar-refractivity contribution is 9.10. The molecule has 1 saturated heterocycles. The molecule has 0 atom stereocenters. The number of ketones is 1. The Morgan fingerprint density at radius 1 is 1.15 bits per heavy atom. The van der Waals surface area contributed by atoms with Gasteiger partial charge in [0.2, 0.25) is 10.0 Å². The number of aromatic nitrogens is 1. The third-order valence-corrected chi connectivity index (χ3v) is 6.45. The molecule has 1 N–H and O–H groups in total. The number of Topliss-reactive ketones (excluding diaryl/α,β-unsaturated/α-hetero) is 1. The molecule has 0 aliphatic carbocycles. The van der Waals surface area contributed by atoms with Gasteiger partial charge >= 0.3 is 5.97 Å². The monoisotopic (exact) mass is 440 g/mol. The molecule has 0 saturated carbocycles. The molecule has 138 valence electrons. The van der Waals surface area contributed by atoms with Gasteiger partial charge in [0.25, 0.3) is 0 Å². The number of H-pyrrole nitrogens is 1. The average Bonchev–Trinajstić information content (AvgIpc) is 3.31. The van der Waals surface area contributed by atoms with Gasteiger partial charge in [-0.3, -0.25) is 4.79 Å². The third-order valence-electron chi connectivity index (χ3n) is 4.08. The highest BCUT2D eigenvalue weighted by Gasteiger charge is 2.27. The number of carbonyl (C=O) groups is 2. The second-order valence-electron chi connectivity index (χ2n) is 5.87. The van der Waals surface area contributed by atoms with Crippen molar-refractivity contribution in [2.75, 3.05) is 19.7 Å². The molecule has 1 aromatic carbocycles. The van der Waals surface area contributed by atoms with Crippen LogP contribution in [0.5, 0.6) is 0 Å². The minimum Gasteiger partial charge on any atom is -0.453 e. The highest BCUT2D eigenvalue weighted by atomic mass is 79.9. The first-order valence-corrected chi connectivity index (χ1v) is 10.3. The zero-order chi connectivity index (χ0) is 18.7. The van der Waals surface area contributed by atoms with Crippen molar-refractivity contribution in [2.24, 2.45) is 0 Å². The predicted octanol–water partition coefficient (Wildman–Crippen LogP) is 2.60. The summed E-state index contributed by atoms with van der Waals surface area (Å²) >= 11 is 3.21. The van der Waals surface area contributed by atoms with E-state index in [4.69, 9.17) is 4.74 Å². The largest absolute Gasteiger partial charge is 0.453 e. The molecule has 1 aliphatic rings. The van der Waals surface area contributed by atoms with E-state index in [0.29, 0.717) is 17.6 Å². The summed E-state index contributed by atoms with van der Waals surface area (Å²) in [6.45, 7) is 0.620. The van der Waals surface area contributed by atoms with Gasteiger partial charge in [-0.1, -0.05) is 0 Å². The molecular weight excluding hydrogens is 424 g/mol. The van der Waals surface area contributed by atoms with Crippen LogP contribution in [0, 0.1) is 0 Å². The maximum absolute atomic E-state index is 12.5. The van der Waals surface area contributed by atoms with Gasteiger partial charge in [0.15, 0.2) is 12.4 Å². The van der Waals surface area contributed by atoms with Crippen molar-refractivity contribution >= 4 is 37.7 Å². The Morgan fingerprint density at radius 3 is 2.38 bits per heavy atom. The first kappa shape index (κ1) is 18.8. The number of benzene rings is 1. The first-order valence-electron chi connectivity index (χ1n) is 8.02. The van der Waals surface area contributed by atoms with Crippen LogP contribution in [0.4, 0.5) is 0 Å². The first-order chi connectivity index (χ1) is 12.4. The number of carbonyl (C=O) groups excluding carboxylic acids is 2. The zero-order valence-electron chi connectivity index (χ0n) is 13.8. The Kier molecular flexibility index (Phi) is 5.59. The van der Waals surface area contributed by atoms with Gasteiger partial charge in [0.05, 0.1) is 4.90 Å². The molecule has 0 amide bonds. The van der Waals surface area contributed by atoms with Crippen LogP contribution in [0.3, 0.4) is 0 Å². The van der Waals surface area contributed by atoms with Crippen LogP contribution in [0.1, 0.15) is 33.7 Å². The minimum absolute atomic E-state index is 0.157. The van der Waals surface area contributed by atoms with Gasteiger partial charge in [0, 0.05) is 29.3 Å². The summed E-state index contributed by atoms with van der Waals surface area (Å²) in [4.78, 5) is 26.8. The average molecular weight is 441 g/mol. The summed E-state index contributed by atoms with van der Waals surface area (Å²) in [7, 11) is -3.51. The van der Waals surface area contributed by atoms with E-state index >= 15 is 0 Å². The van der Waals surface area contributed by atoms with Gasteiger partial charge in [-0.25, -0.2) is 13.2 Å². The quantitative estimate of drug-likeness (QED) is 0.549. The fourth-order valence-corrected chi connectivity index (χ4v) is 4.53. The van der Waals surface area contributed by atoms with E-state index in [1.165, 1.54) is 28.6 Å². The van der Waals surface area contributed by atoms with Crippen molar-refractivity contribution in [2.45, 2.75) is 17.7 Å². The molecule has 26 heavy (non-hydrogen) atoms. The normalized spacial score (nSPS) is 15.1. The van der Waals surface area contributed by atoms with Crippen LogP contribution < -0.4 is 0 Å². The molecule has 1 aromatic heterocycles. The molecule has 1 aliphatic heterocycles. The van der Waals surface area contributed by atoms with Crippen molar-refractivity contribution in [1.82, 2.24) is 9.29 Å². The maximum atomic E-state index is 12.5. The summed E-state index contributed by atoms with van der Waals surface area (Å²) in [5.41, 5.74) is 0.516. The van der Waals surface area contributed by atoms with Crippen molar-refractivity contribution < 1.29 is 22.7 Å². The predicted molar refractivity (Wildman–Crippen MR) is 97.5 cm³/mol. The minimum atomic E-state index is -3.51. The smallest absolute Gasteiger partial charge is 0.355 e. The van der Waals surface area contributed by atoms with Gasteiger partial charge in [-0.2, -0.15) is 4.31 Å². The summed E-state index contributed by atoms with van der Waals surface area (Å²) in [5, 5.41) is 0. The summed E-state index contributed by atoms with van der Waals surface area (Å²) in [5.74, 6) is -1.05. The topological polar surface area (TPSA) is 96.5 Å². The van der Waals surface area contributed by atoms with Crippen molar-refractivity contribution in [3.05, 3.63) is 52.3 Å². The van der Waals surface area contributed by atoms with Crippen LogP contribution >= 0.6 is 15.9 Å². The molecule has 0 bridgehead atoms. The Morgan fingerprint density at radius 2 is 1.81 bits per heavy atom. The van der Waals surface area contributed by atoms with Crippen LogP contribution in [0.25, 0.3) is 0 Å². The molecule has 0 radical (unpaired) electrons. The van der Waals surface area contributed by atoms with E-state index in [0.717, 1.165) is 12.8 Å². The Labute approximate surface area is 159 Å². The lowest BCUT2D eigenvalue weighted by Crippen LogP contribution is -2.27. The van der Waals surface area contributed by atoms with Gasteiger partial charge in [-0.05, 0) is 59.1 Å². The van der Waals surface area contributed by atoms with E-state index in [2.05, 4.69) is 20.9 Å². The molecule has 0 spiro atoms. The molecule has 2 aromatic rings. The summed E-state index contributed by atoms with van der Waals surface area (Å²) in [6, 6.07) is 7.23. The SMILES string of the molecule is O=C(COC(=O)c1cc(Br)c[nH]1)c1ccc(S(=O)(=O)N2CCCC2)cc1. The van der Waals surface area contributed by atoms with E-state index in [-0.39, 0.29) is 16.2 Å². The number of rotatable bonds is 6. The standard InChI is InChI=1S/C17H17BrN2O5S/c18-13-9-15(19-10-13)17(22)25-11-16(21)12-3-5-14(6-4-12)26(23,24)20-7-1-2-8-20/h3-6,9-10,19H,1-2,7-8,11H2. The van der Waals surface area contributed by atoms with Crippen LogP contribution in [-0.4, -0.2) is 49.2 Å². The fourth-order valence-electron chi connectivity index (χ4n) is 2.67. The lowest BCUT2D eigenvalue weighted by Gasteiger charge is -2.15. The van der Waals surface area contributed by atoms with Gasteiger partial charge in [-0.15, -0.1) is 0 Å². The summed E-state index contributed by atoms with van der Waals surface area (Å²) < 4.78 is 32.0. The Bertz CT molecular complexity index is 915. The zero-order valence-corrected chi connectivity index (χ0v) is 16.2.